The van der Waals surface area contributed by atoms with Gasteiger partial charge in [-0.05, 0) is 31.2 Å². The summed E-state index contributed by atoms with van der Waals surface area (Å²) >= 11 is 0. The molecule has 0 heterocycles. The van der Waals surface area contributed by atoms with Gasteiger partial charge in [0.1, 0.15) is 11.8 Å². The van der Waals surface area contributed by atoms with Crippen LogP contribution in [0.3, 0.4) is 0 Å². The molecule has 1 atom stereocenters. The number of carbonyl (C=O) groups is 1. The zero-order valence-corrected chi connectivity index (χ0v) is 8.93. The first kappa shape index (κ1) is 12.0. The summed E-state index contributed by atoms with van der Waals surface area (Å²) in [6.45, 7) is 1.62. The van der Waals surface area contributed by atoms with Crippen molar-refractivity contribution in [2.24, 2.45) is 5.73 Å². The van der Waals surface area contributed by atoms with Gasteiger partial charge < -0.3 is 15.8 Å². The topological polar surface area (TPSA) is 88.1 Å². The third-order valence-electron chi connectivity index (χ3n) is 1.84. The molecule has 16 heavy (non-hydrogen) atoms. The SMILES string of the molecule is CC(N)C(=O)Nc1ccc(OCC#N)cc1. The Morgan fingerprint density at radius 1 is 1.56 bits per heavy atom. The van der Waals surface area contributed by atoms with E-state index in [0.717, 1.165) is 0 Å². The van der Waals surface area contributed by atoms with Gasteiger partial charge in [0, 0.05) is 5.69 Å². The molecule has 0 aromatic heterocycles. The Kier molecular flexibility index (Phi) is 4.30. The highest BCUT2D eigenvalue weighted by molar-refractivity contribution is 5.94. The molecule has 1 amide bonds. The number of nitriles is 1. The van der Waals surface area contributed by atoms with Crippen molar-refractivity contribution in [1.29, 1.82) is 5.26 Å². The van der Waals surface area contributed by atoms with Gasteiger partial charge in [0.2, 0.25) is 5.91 Å². The molecule has 1 rings (SSSR count). The van der Waals surface area contributed by atoms with Crippen molar-refractivity contribution in [1.82, 2.24) is 0 Å². The van der Waals surface area contributed by atoms with E-state index in [-0.39, 0.29) is 12.5 Å². The van der Waals surface area contributed by atoms with E-state index in [9.17, 15) is 4.79 Å². The number of nitrogens with one attached hydrogen (secondary N) is 1. The molecule has 0 fully saturated rings. The molecule has 0 spiro atoms. The maximum Gasteiger partial charge on any atom is 0.240 e. The van der Waals surface area contributed by atoms with Crippen LogP contribution in [0.25, 0.3) is 0 Å². The first-order valence-electron chi connectivity index (χ1n) is 4.79. The summed E-state index contributed by atoms with van der Waals surface area (Å²) in [5.74, 6) is 0.339. The minimum absolute atomic E-state index is 0.00550. The molecule has 1 unspecified atom stereocenters. The van der Waals surface area contributed by atoms with Crippen molar-refractivity contribution in [3.05, 3.63) is 24.3 Å². The van der Waals surface area contributed by atoms with Crippen LogP contribution in [0.5, 0.6) is 5.75 Å². The third kappa shape index (κ3) is 3.59. The second-order valence-corrected chi connectivity index (χ2v) is 3.25. The predicted octanol–water partition coefficient (Wildman–Crippen LogP) is 0.875. The van der Waals surface area contributed by atoms with E-state index in [1.807, 2.05) is 6.07 Å². The normalized spacial score (nSPS) is 11.3. The Labute approximate surface area is 93.8 Å². The molecule has 0 bridgehead atoms. The summed E-state index contributed by atoms with van der Waals surface area (Å²) < 4.78 is 5.06. The van der Waals surface area contributed by atoms with Crippen LogP contribution in [-0.2, 0) is 4.79 Å². The van der Waals surface area contributed by atoms with Gasteiger partial charge in [0.25, 0.3) is 0 Å². The Morgan fingerprint density at radius 2 is 2.19 bits per heavy atom. The number of hydrogen-bond acceptors (Lipinski definition) is 4. The third-order valence-corrected chi connectivity index (χ3v) is 1.84. The van der Waals surface area contributed by atoms with E-state index in [1.165, 1.54) is 0 Å². The van der Waals surface area contributed by atoms with E-state index in [2.05, 4.69) is 5.32 Å². The predicted molar refractivity (Wildman–Crippen MR) is 59.8 cm³/mol. The van der Waals surface area contributed by atoms with Crippen LogP contribution in [0.2, 0.25) is 0 Å². The summed E-state index contributed by atoms with van der Waals surface area (Å²) in [5, 5.41) is 11.0. The Hall–Kier alpha value is -2.06. The number of rotatable bonds is 4. The highest BCUT2D eigenvalue weighted by atomic mass is 16.5. The molecular formula is C11H13N3O2. The van der Waals surface area contributed by atoms with Crippen LogP contribution in [-0.4, -0.2) is 18.6 Å². The lowest BCUT2D eigenvalue weighted by atomic mass is 10.2. The minimum atomic E-state index is -0.547. The van der Waals surface area contributed by atoms with Crippen molar-refractivity contribution in [2.45, 2.75) is 13.0 Å². The number of carbonyl (C=O) groups excluding carboxylic acids is 1. The summed E-state index contributed by atoms with van der Waals surface area (Å²) in [6.07, 6.45) is 0. The molecule has 0 saturated carbocycles. The van der Waals surface area contributed by atoms with Crippen molar-refractivity contribution in [2.75, 3.05) is 11.9 Å². The Balaban J connectivity index is 2.58. The maximum atomic E-state index is 11.3. The van der Waals surface area contributed by atoms with Crippen LogP contribution in [0.15, 0.2) is 24.3 Å². The number of amides is 1. The lowest BCUT2D eigenvalue weighted by molar-refractivity contribution is -0.117. The van der Waals surface area contributed by atoms with Gasteiger partial charge in [-0.15, -0.1) is 0 Å². The fourth-order valence-corrected chi connectivity index (χ4v) is 1.01. The number of nitrogens with zero attached hydrogens (tertiary/aromatic N) is 1. The van der Waals surface area contributed by atoms with Gasteiger partial charge in [-0.25, -0.2) is 0 Å². The molecule has 5 heteroatoms. The molecule has 1 aromatic carbocycles. The maximum absolute atomic E-state index is 11.3. The average molecular weight is 219 g/mol. The highest BCUT2D eigenvalue weighted by Crippen LogP contribution is 2.15. The van der Waals surface area contributed by atoms with Crippen molar-refractivity contribution >= 4 is 11.6 Å². The van der Waals surface area contributed by atoms with Crippen LogP contribution in [0.4, 0.5) is 5.69 Å². The van der Waals surface area contributed by atoms with E-state index in [1.54, 1.807) is 31.2 Å². The van der Waals surface area contributed by atoms with Crippen molar-refractivity contribution in [3.8, 4) is 11.8 Å². The van der Waals surface area contributed by atoms with Gasteiger partial charge >= 0.3 is 0 Å². The van der Waals surface area contributed by atoms with Gasteiger partial charge in [0.15, 0.2) is 6.61 Å². The highest BCUT2D eigenvalue weighted by Gasteiger charge is 2.06. The van der Waals surface area contributed by atoms with Crippen LogP contribution < -0.4 is 15.8 Å². The van der Waals surface area contributed by atoms with Crippen LogP contribution in [0, 0.1) is 11.3 Å². The largest absolute Gasteiger partial charge is 0.479 e. The average Bonchev–Trinajstić information content (AvgIpc) is 2.28. The van der Waals surface area contributed by atoms with Crippen molar-refractivity contribution in [3.63, 3.8) is 0 Å². The molecule has 84 valence electrons. The van der Waals surface area contributed by atoms with E-state index < -0.39 is 6.04 Å². The van der Waals surface area contributed by atoms with Crippen LogP contribution >= 0.6 is 0 Å². The summed E-state index contributed by atoms with van der Waals surface area (Å²) in [6, 6.07) is 8.05. The fourth-order valence-electron chi connectivity index (χ4n) is 1.01. The number of anilines is 1. The number of benzene rings is 1. The zero-order valence-electron chi connectivity index (χ0n) is 8.93. The monoisotopic (exact) mass is 219 g/mol. The minimum Gasteiger partial charge on any atom is -0.479 e. The summed E-state index contributed by atoms with van der Waals surface area (Å²) in [4.78, 5) is 11.3. The van der Waals surface area contributed by atoms with Gasteiger partial charge in [-0.3, -0.25) is 4.79 Å². The second-order valence-electron chi connectivity index (χ2n) is 3.25. The number of ether oxygens (including phenoxy) is 1. The summed E-state index contributed by atoms with van der Waals surface area (Å²) in [7, 11) is 0. The summed E-state index contributed by atoms with van der Waals surface area (Å²) in [5.41, 5.74) is 6.05. The molecule has 0 radical (unpaired) electrons. The van der Waals surface area contributed by atoms with Gasteiger partial charge in [-0.2, -0.15) is 5.26 Å². The molecule has 3 N–H and O–H groups in total. The van der Waals surface area contributed by atoms with Gasteiger partial charge in [0.05, 0.1) is 6.04 Å². The van der Waals surface area contributed by atoms with E-state index in [0.29, 0.717) is 11.4 Å². The standard InChI is InChI=1S/C11H13N3O2/c1-8(13)11(15)14-9-2-4-10(5-3-9)16-7-6-12/h2-5,8H,7,13H2,1H3,(H,14,15). The first-order chi connectivity index (χ1) is 7.63. The molecule has 1 aromatic rings. The molecule has 0 aliphatic rings. The zero-order chi connectivity index (χ0) is 12.0. The fraction of sp³-hybridized carbons (Fsp3) is 0.273. The lowest BCUT2D eigenvalue weighted by Crippen LogP contribution is -2.32. The molecule has 5 nitrogen and oxygen atoms in total. The van der Waals surface area contributed by atoms with Crippen LogP contribution in [0.1, 0.15) is 6.92 Å². The quantitative estimate of drug-likeness (QED) is 0.786. The molecular weight excluding hydrogens is 206 g/mol. The first-order valence-corrected chi connectivity index (χ1v) is 4.79. The second kappa shape index (κ2) is 5.73. The van der Waals surface area contributed by atoms with Crippen molar-refractivity contribution < 1.29 is 9.53 Å². The lowest BCUT2D eigenvalue weighted by Gasteiger charge is -2.08. The molecule has 0 aliphatic carbocycles. The molecule has 0 aliphatic heterocycles. The Morgan fingerprint density at radius 3 is 2.69 bits per heavy atom. The van der Waals surface area contributed by atoms with E-state index >= 15 is 0 Å². The number of nitrogens with two attached hydrogens (primary N) is 1. The van der Waals surface area contributed by atoms with Gasteiger partial charge in [-0.1, -0.05) is 0 Å². The number of hydrogen-bond donors (Lipinski definition) is 2. The Bertz CT molecular complexity index is 393. The smallest absolute Gasteiger partial charge is 0.240 e. The molecule has 0 saturated heterocycles. The van der Waals surface area contributed by atoms with E-state index in [4.69, 9.17) is 15.7 Å².